The molecule has 0 saturated carbocycles. The Hall–Kier alpha value is -2.34. The minimum absolute atomic E-state index is 0.147. The molecule has 1 amide bonds. The Bertz CT molecular complexity index is 801. The van der Waals surface area contributed by atoms with Crippen LogP contribution in [0.4, 0.5) is 0 Å². The van der Waals surface area contributed by atoms with Crippen molar-refractivity contribution < 1.29 is 4.79 Å². The second-order valence-corrected chi connectivity index (χ2v) is 7.98. The summed E-state index contributed by atoms with van der Waals surface area (Å²) >= 11 is 0. The van der Waals surface area contributed by atoms with E-state index in [9.17, 15) is 4.79 Å². The minimum atomic E-state index is -0.251. The van der Waals surface area contributed by atoms with Gasteiger partial charge in [-0.3, -0.25) is 14.7 Å². The van der Waals surface area contributed by atoms with Crippen molar-refractivity contribution in [2.24, 2.45) is 5.92 Å². The van der Waals surface area contributed by atoms with E-state index >= 15 is 0 Å². The van der Waals surface area contributed by atoms with Gasteiger partial charge in [-0.1, -0.05) is 19.9 Å². The molecule has 0 N–H and O–H groups in total. The number of pyridine rings is 1. The molecule has 1 atom stereocenters. The predicted octanol–water partition coefficient (Wildman–Crippen LogP) is 2.75. The van der Waals surface area contributed by atoms with Gasteiger partial charge in [0, 0.05) is 37.1 Å². The van der Waals surface area contributed by atoms with E-state index in [1.165, 1.54) is 0 Å². The van der Waals surface area contributed by atoms with Crippen molar-refractivity contribution in [2.45, 2.75) is 52.2 Å². The highest BCUT2D eigenvalue weighted by molar-refractivity contribution is 5.83. The van der Waals surface area contributed by atoms with Crippen LogP contribution in [0.15, 0.2) is 30.7 Å². The summed E-state index contributed by atoms with van der Waals surface area (Å²) in [5, 5.41) is 0. The third kappa shape index (κ3) is 3.86. The van der Waals surface area contributed by atoms with Crippen molar-refractivity contribution in [1.29, 1.82) is 0 Å². The molecule has 0 aromatic carbocycles. The van der Waals surface area contributed by atoms with E-state index in [1.807, 2.05) is 29.4 Å². The maximum absolute atomic E-state index is 13.5. The van der Waals surface area contributed by atoms with Gasteiger partial charge >= 0.3 is 0 Å². The summed E-state index contributed by atoms with van der Waals surface area (Å²) in [5.41, 5.74) is 3.05. The molecule has 142 valence electrons. The van der Waals surface area contributed by atoms with Crippen LogP contribution >= 0.6 is 0 Å². The van der Waals surface area contributed by atoms with Gasteiger partial charge in [-0.25, -0.2) is 9.97 Å². The molecule has 1 fully saturated rings. The van der Waals surface area contributed by atoms with Crippen molar-refractivity contribution in [3.8, 4) is 0 Å². The topological polar surface area (TPSA) is 62.2 Å². The highest BCUT2D eigenvalue weighted by Gasteiger charge is 2.35. The summed E-state index contributed by atoms with van der Waals surface area (Å²) in [7, 11) is 0. The van der Waals surface area contributed by atoms with E-state index < -0.39 is 0 Å². The first-order valence-corrected chi connectivity index (χ1v) is 9.88. The summed E-state index contributed by atoms with van der Waals surface area (Å²) in [4.78, 5) is 31.2. The number of rotatable bonds is 5. The number of fused-ring (bicyclic) bond motifs is 1. The Morgan fingerprint density at radius 1 is 1.19 bits per heavy atom. The lowest BCUT2D eigenvalue weighted by Crippen LogP contribution is -2.40. The summed E-state index contributed by atoms with van der Waals surface area (Å²) in [5.74, 6) is 1.54. The van der Waals surface area contributed by atoms with Gasteiger partial charge in [0.25, 0.3) is 0 Å². The average molecular weight is 365 g/mol. The quantitative estimate of drug-likeness (QED) is 0.815. The second-order valence-electron chi connectivity index (χ2n) is 7.98. The second kappa shape index (κ2) is 7.72. The molecule has 6 heteroatoms. The number of amides is 1. The fourth-order valence-electron chi connectivity index (χ4n) is 4.03. The normalized spacial score (nSPS) is 18.1. The maximum Gasteiger partial charge on any atom is 0.245 e. The van der Waals surface area contributed by atoms with Crippen LogP contribution in [0, 0.1) is 5.92 Å². The van der Waals surface area contributed by atoms with E-state index in [4.69, 9.17) is 4.98 Å². The highest BCUT2D eigenvalue weighted by atomic mass is 16.2. The molecular weight excluding hydrogens is 338 g/mol. The van der Waals surface area contributed by atoms with Crippen molar-refractivity contribution in [3.63, 3.8) is 0 Å². The molecule has 4 heterocycles. The maximum atomic E-state index is 13.5. The van der Waals surface area contributed by atoms with E-state index in [1.54, 1.807) is 6.20 Å². The van der Waals surface area contributed by atoms with E-state index in [0.717, 1.165) is 55.0 Å². The Labute approximate surface area is 160 Å². The third-order valence-electron chi connectivity index (χ3n) is 5.35. The molecule has 6 nitrogen and oxygen atoms in total. The molecule has 27 heavy (non-hydrogen) atoms. The molecule has 0 bridgehead atoms. The van der Waals surface area contributed by atoms with Crippen molar-refractivity contribution in [1.82, 2.24) is 24.8 Å². The first-order chi connectivity index (χ1) is 13.1. The molecule has 0 aliphatic carbocycles. The first kappa shape index (κ1) is 18.0. The Morgan fingerprint density at radius 2 is 2.00 bits per heavy atom. The summed E-state index contributed by atoms with van der Waals surface area (Å²) in [6, 6.07) is 3.67. The molecule has 0 radical (unpaired) electrons. The highest BCUT2D eigenvalue weighted by Crippen LogP contribution is 2.30. The first-order valence-electron chi connectivity index (χ1n) is 9.88. The van der Waals surface area contributed by atoms with Crippen LogP contribution < -0.4 is 0 Å². The lowest BCUT2D eigenvalue weighted by Gasteiger charge is -2.30. The van der Waals surface area contributed by atoms with Crippen molar-refractivity contribution in [3.05, 3.63) is 53.4 Å². The van der Waals surface area contributed by atoms with Crippen LogP contribution in [0.25, 0.3) is 0 Å². The van der Waals surface area contributed by atoms with Crippen LogP contribution in [0.2, 0.25) is 0 Å². The number of hydrogen-bond acceptors (Lipinski definition) is 5. The van der Waals surface area contributed by atoms with Gasteiger partial charge in [-0.15, -0.1) is 0 Å². The van der Waals surface area contributed by atoms with Gasteiger partial charge in [-0.2, -0.15) is 0 Å². The molecule has 2 aliphatic heterocycles. The fourth-order valence-corrected chi connectivity index (χ4v) is 4.03. The number of carbonyl (C=O) groups excluding carboxylic acids is 1. The SMILES string of the molecule is CC(C)Cc1ncc2c(n1)CN(C(=O)[C@H](c1cccnc1)N1CCCC1)C2. The van der Waals surface area contributed by atoms with E-state index in [2.05, 4.69) is 28.7 Å². The number of likely N-dealkylation sites (tertiary alicyclic amines) is 1. The Kier molecular flexibility index (Phi) is 5.16. The zero-order valence-corrected chi connectivity index (χ0v) is 16.1. The molecular formula is C21H27N5O. The number of carbonyl (C=O) groups is 1. The molecule has 2 aromatic heterocycles. The van der Waals surface area contributed by atoms with E-state index in [-0.39, 0.29) is 11.9 Å². The average Bonchev–Trinajstić information content (AvgIpc) is 3.31. The largest absolute Gasteiger partial charge is 0.331 e. The van der Waals surface area contributed by atoms with Crippen LogP contribution in [0.5, 0.6) is 0 Å². The summed E-state index contributed by atoms with van der Waals surface area (Å²) in [6.45, 7) is 7.43. The molecule has 0 spiro atoms. The number of nitrogens with zero attached hydrogens (tertiary/aromatic N) is 5. The molecule has 0 unspecified atom stereocenters. The zero-order chi connectivity index (χ0) is 18.8. The predicted molar refractivity (Wildman–Crippen MR) is 103 cm³/mol. The van der Waals surface area contributed by atoms with Crippen LogP contribution in [0.3, 0.4) is 0 Å². The van der Waals surface area contributed by atoms with Gasteiger partial charge in [0.2, 0.25) is 5.91 Å². The van der Waals surface area contributed by atoms with Gasteiger partial charge < -0.3 is 4.90 Å². The van der Waals surface area contributed by atoms with Gasteiger partial charge in [-0.05, 0) is 43.5 Å². The summed E-state index contributed by atoms with van der Waals surface area (Å²) < 4.78 is 0. The van der Waals surface area contributed by atoms with Crippen molar-refractivity contribution in [2.75, 3.05) is 13.1 Å². The number of aromatic nitrogens is 3. The van der Waals surface area contributed by atoms with Gasteiger partial charge in [0.1, 0.15) is 11.9 Å². The van der Waals surface area contributed by atoms with Crippen LogP contribution in [-0.4, -0.2) is 43.7 Å². The van der Waals surface area contributed by atoms with Crippen molar-refractivity contribution >= 4 is 5.91 Å². The van der Waals surface area contributed by atoms with Gasteiger partial charge in [0.05, 0.1) is 12.2 Å². The third-order valence-corrected chi connectivity index (χ3v) is 5.35. The molecule has 4 rings (SSSR count). The van der Waals surface area contributed by atoms with E-state index in [0.29, 0.717) is 19.0 Å². The minimum Gasteiger partial charge on any atom is -0.331 e. The summed E-state index contributed by atoms with van der Waals surface area (Å²) in [6.07, 6.45) is 8.65. The standard InChI is InChI=1S/C21H27N5O/c1-15(2)10-19-23-12-17-13-26(14-18(17)24-19)21(27)20(25-8-3-4-9-25)16-6-5-7-22-11-16/h5-7,11-12,15,20H,3-4,8-10,13-14H2,1-2H3/t20-/m0/s1. The molecule has 2 aromatic rings. The fraction of sp³-hybridized carbons (Fsp3) is 0.524. The molecule has 2 aliphatic rings. The Balaban J connectivity index is 1.55. The smallest absolute Gasteiger partial charge is 0.245 e. The van der Waals surface area contributed by atoms with Crippen LogP contribution in [0.1, 0.15) is 55.4 Å². The molecule has 1 saturated heterocycles. The van der Waals surface area contributed by atoms with Gasteiger partial charge in [0.15, 0.2) is 0 Å². The van der Waals surface area contributed by atoms with Crippen LogP contribution in [-0.2, 0) is 24.3 Å². The monoisotopic (exact) mass is 365 g/mol. The lowest BCUT2D eigenvalue weighted by atomic mass is 10.1. The Morgan fingerprint density at radius 3 is 2.70 bits per heavy atom. The zero-order valence-electron chi connectivity index (χ0n) is 16.1. The number of hydrogen-bond donors (Lipinski definition) is 0. The lowest BCUT2D eigenvalue weighted by molar-refractivity contribution is -0.137.